The number of fused-ring (bicyclic) bond motifs is 1. The third-order valence-electron chi connectivity index (χ3n) is 3.64. The summed E-state index contributed by atoms with van der Waals surface area (Å²) in [7, 11) is 0. The standard InChI is InChI=1S/C14H13ClN6/c15-12-17-13(20-7-3-4-8-20)19-14(18-12)21-11-6-2-1-5-10(11)9-16-21/h1-2,5-6,9H,3-4,7-8H2. The maximum atomic E-state index is 6.07. The predicted octanol–water partition coefficient (Wildman–Crippen LogP) is 2.46. The third kappa shape index (κ3) is 2.21. The minimum atomic E-state index is 0.196. The van der Waals surface area contributed by atoms with Crippen molar-refractivity contribution >= 4 is 28.5 Å². The molecule has 0 amide bonds. The van der Waals surface area contributed by atoms with Crippen LogP contribution in [0.1, 0.15) is 12.8 Å². The Hall–Kier alpha value is -2.21. The van der Waals surface area contributed by atoms with E-state index in [2.05, 4.69) is 25.0 Å². The van der Waals surface area contributed by atoms with Crippen LogP contribution >= 0.6 is 11.6 Å². The molecule has 106 valence electrons. The van der Waals surface area contributed by atoms with Crippen molar-refractivity contribution in [3.05, 3.63) is 35.7 Å². The molecular weight excluding hydrogens is 288 g/mol. The van der Waals surface area contributed by atoms with Crippen molar-refractivity contribution < 1.29 is 0 Å². The smallest absolute Gasteiger partial charge is 0.257 e. The third-order valence-corrected chi connectivity index (χ3v) is 3.81. The molecule has 0 atom stereocenters. The van der Waals surface area contributed by atoms with Gasteiger partial charge in [0, 0.05) is 18.5 Å². The summed E-state index contributed by atoms with van der Waals surface area (Å²) >= 11 is 6.07. The number of para-hydroxylation sites is 1. The second kappa shape index (κ2) is 4.96. The number of anilines is 1. The first-order valence-electron chi connectivity index (χ1n) is 6.91. The monoisotopic (exact) mass is 300 g/mol. The van der Waals surface area contributed by atoms with E-state index < -0.39 is 0 Å². The normalized spacial score (nSPS) is 15.0. The molecule has 6 nitrogen and oxygen atoms in total. The van der Waals surface area contributed by atoms with Gasteiger partial charge in [-0.1, -0.05) is 18.2 Å². The number of aromatic nitrogens is 5. The van der Waals surface area contributed by atoms with Crippen molar-refractivity contribution in [2.24, 2.45) is 0 Å². The number of halogens is 1. The number of hydrogen-bond acceptors (Lipinski definition) is 5. The van der Waals surface area contributed by atoms with Crippen LogP contribution in [0.15, 0.2) is 30.5 Å². The Morgan fingerprint density at radius 2 is 1.71 bits per heavy atom. The van der Waals surface area contributed by atoms with Crippen LogP contribution in [0.4, 0.5) is 5.95 Å². The first-order valence-corrected chi connectivity index (χ1v) is 7.29. The molecule has 0 aliphatic carbocycles. The summed E-state index contributed by atoms with van der Waals surface area (Å²) in [4.78, 5) is 15.1. The Morgan fingerprint density at radius 3 is 2.57 bits per heavy atom. The lowest BCUT2D eigenvalue weighted by atomic mass is 10.3. The summed E-state index contributed by atoms with van der Waals surface area (Å²) in [6.07, 6.45) is 4.11. The molecule has 0 spiro atoms. The van der Waals surface area contributed by atoms with E-state index in [0.29, 0.717) is 11.9 Å². The molecule has 2 aromatic heterocycles. The molecule has 1 aliphatic heterocycles. The average Bonchev–Trinajstić information content (AvgIpc) is 3.16. The Kier molecular flexibility index (Phi) is 2.96. The highest BCUT2D eigenvalue weighted by molar-refractivity contribution is 6.28. The van der Waals surface area contributed by atoms with Gasteiger partial charge in [0.2, 0.25) is 11.2 Å². The van der Waals surface area contributed by atoms with Crippen LogP contribution in [0.3, 0.4) is 0 Å². The van der Waals surface area contributed by atoms with Gasteiger partial charge in [0.05, 0.1) is 11.7 Å². The molecule has 0 unspecified atom stereocenters. The second-order valence-electron chi connectivity index (χ2n) is 5.01. The number of rotatable bonds is 2. The van der Waals surface area contributed by atoms with Crippen LogP contribution in [0.25, 0.3) is 16.9 Å². The van der Waals surface area contributed by atoms with E-state index in [1.165, 1.54) is 0 Å². The van der Waals surface area contributed by atoms with E-state index >= 15 is 0 Å². The summed E-state index contributed by atoms with van der Waals surface area (Å²) in [5.41, 5.74) is 0.951. The van der Waals surface area contributed by atoms with Crippen LogP contribution in [-0.2, 0) is 0 Å². The second-order valence-corrected chi connectivity index (χ2v) is 5.35. The minimum absolute atomic E-state index is 0.196. The molecule has 1 aliphatic rings. The van der Waals surface area contributed by atoms with Gasteiger partial charge in [0.1, 0.15) is 0 Å². The van der Waals surface area contributed by atoms with Crippen molar-refractivity contribution in [1.82, 2.24) is 24.7 Å². The SMILES string of the molecule is Clc1nc(N2CCCC2)nc(-n2ncc3ccccc32)n1. The first kappa shape index (κ1) is 12.5. The number of benzene rings is 1. The molecule has 0 radical (unpaired) electrons. The highest BCUT2D eigenvalue weighted by Crippen LogP contribution is 2.20. The Morgan fingerprint density at radius 1 is 0.952 bits per heavy atom. The molecular formula is C14H13ClN6. The van der Waals surface area contributed by atoms with E-state index in [1.807, 2.05) is 24.3 Å². The highest BCUT2D eigenvalue weighted by Gasteiger charge is 2.18. The molecule has 4 rings (SSSR count). The highest BCUT2D eigenvalue weighted by atomic mass is 35.5. The maximum Gasteiger partial charge on any atom is 0.257 e. The van der Waals surface area contributed by atoms with E-state index in [0.717, 1.165) is 36.8 Å². The zero-order valence-electron chi connectivity index (χ0n) is 11.3. The van der Waals surface area contributed by atoms with Crippen molar-refractivity contribution in [2.45, 2.75) is 12.8 Å². The molecule has 0 bridgehead atoms. The van der Waals surface area contributed by atoms with Crippen LogP contribution in [0.2, 0.25) is 5.28 Å². The van der Waals surface area contributed by atoms with E-state index in [4.69, 9.17) is 11.6 Å². The van der Waals surface area contributed by atoms with Crippen molar-refractivity contribution in [3.63, 3.8) is 0 Å². The zero-order chi connectivity index (χ0) is 14.2. The van der Waals surface area contributed by atoms with Crippen LogP contribution in [0.5, 0.6) is 0 Å². The molecule has 0 N–H and O–H groups in total. The molecule has 3 heterocycles. The van der Waals surface area contributed by atoms with Gasteiger partial charge in [0.15, 0.2) is 0 Å². The fraction of sp³-hybridized carbons (Fsp3) is 0.286. The van der Waals surface area contributed by atoms with Gasteiger partial charge in [0.25, 0.3) is 5.95 Å². The largest absolute Gasteiger partial charge is 0.341 e. The van der Waals surface area contributed by atoms with Crippen molar-refractivity contribution in [3.8, 4) is 5.95 Å². The van der Waals surface area contributed by atoms with Gasteiger partial charge in [-0.15, -0.1) is 0 Å². The Bertz CT molecular complexity index is 793. The Labute approximate surface area is 126 Å². The van der Waals surface area contributed by atoms with Gasteiger partial charge >= 0.3 is 0 Å². The van der Waals surface area contributed by atoms with E-state index in [9.17, 15) is 0 Å². The van der Waals surface area contributed by atoms with Gasteiger partial charge in [-0.05, 0) is 30.5 Å². The van der Waals surface area contributed by atoms with Gasteiger partial charge in [-0.25, -0.2) is 0 Å². The zero-order valence-corrected chi connectivity index (χ0v) is 12.0. The summed E-state index contributed by atoms with van der Waals surface area (Å²) in [5.74, 6) is 1.08. The molecule has 1 aromatic carbocycles. The molecule has 7 heteroatoms. The van der Waals surface area contributed by atoms with Crippen molar-refractivity contribution in [2.75, 3.05) is 18.0 Å². The molecule has 0 saturated carbocycles. The first-order chi connectivity index (χ1) is 10.3. The van der Waals surface area contributed by atoms with Gasteiger partial charge in [-0.3, -0.25) is 0 Å². The molecule has 3 aromatic rings. The fourth-order valence-electron chi connectivity index (χ4n) is 2.61. The lowest BCUT2D eigenvalue weighted by Crippen LogP contribution is -2.22. The van der Waals surface area contributed by atoms with E-state index in [1.54, 1.807) is 10.9 Å². The molecule has 1 saturated heterocycles. The summed E-state index contributed by atoms with van der Waals surface area (Å²) < 4.78 is 1.70. The van der Waals surface area contributed by atoms with Gasteiger partial charge < -0.3 is 4.90 Å². The molecule has 1 fully saturated rings. The summed E-state index contributed by atoms with van der Waals surface area (Å²) in [5, 5.41) is 5.60. The average molecular weight is 301 g/mol. The summed E-state index contributed by atoms with van der Waals surface area (Å²) in [6.45, 7) is 1.92. The lowest BCUT2D eigenvalue weighted by Gasteiger charge is -2.15. The molecule has 21 heavy (non-hydrogen) atoms. The predicted molar refractivity (Wildman–Crippen MR) is 80.9 cm³/mol. The Balaban J connectivity index is 1.84. The van der Waals surface area contributed by atoms with Crippen LogP contribution < -0.4 is 4.90 Å². The quantitative estimate of drug-likeness (QED) is 0.727. The maximum absolute atomic E-state index is 6.07. The fourth-order valence-corrected chi connectivity index (χ4v) is 2.77. The van der Waals surface area contributed by atoms with E-state index in [-0.39, 0.29) is 5.28 Å². The minimum Gasteiger partial charge on any atom is -0.341 e. The number of nitrogens with zero attached hydrogens (tertiary/aromatic N) is 6. The van der Waals surface area contributed by atoms with Gasteiger partial charge in [-0.2, -0.15) is 24.7 Å². The summed E-state index contributed by atoms with van der Waals surface area (Å²) in [6, 6.07) is 7.92. The van der Waals surface area contributed by atoms with Crippen molar-refractivity contribution in [1.29, 1.82) is 0 Å². The number of hydrogen-bond donors (Lipinski definition) is 0. The van der Waals surface area contributed by atoms with Crippen LogP contribution in [0, 0.1) is 0 Å². The topological polar surface area (TPSA) is 59.7 Å². The lowest BCUT2D eigenvalue weighted by molar-refractivity contribution is 0.795. The van der Waals surface area contributed by atoms with Crippen LogP contribution in [-0.4, -0.2) is 37.8 Å².